The summed E-state index contributed by atoms with van der Waals surface area (Å²) in [6.45, 7) is 0. The van der Waals surface area contributed by atoms with Gasteiger partial charge in [-0.1, -0.05) is 127 Å². The second-order valence-electron chi connectivity index (χ2n) is 12.9. The van der Waals surface area contributed by atoms with Crippen molar-refractivity contribution in [1.82, 2.24) is 4.57 Å². The topological polar surface area (TPSA) is 21.3 Å². The molecule has 0 radical (unpaired) electrons. The number of anilines is 3. The van der Waals surface area contributed by atoms with Crippen LogP contribution < -0.4 is 4.90 Å². The predicted molar refractivity (Wildman–Crippen MR) is 214 cm³/mol. The molecule has 10 aromatic rings. The van der Waals surface area contributed by atoms with Crippen LogP contribution in [0.1, 0.15) is 0 Å². The van der Waals surface area contributed by atoms with Crippen LogP contribution in [0.2, 0.25) is 0 Å². The first-order valence-electron chi connectivity index (χ1n) is 17.4. The molecule has 10 rings (SSSR count). The van der Waals surface area contributed by atoms with Crippen LogP contribution in [0.4, 0.5) is 17.1 Å². The van der Waals surface area contributed by atoms with Gasteiger partial charge in [0.05, 0.1) is 16.4 Å². The Kier molecular flexibility index (Phi) is 6.81. The maximum atomic E-state index is 6.72. The summed E-state index contributed by atoms with van der Waals surface area (Å²) in [6, 6.07) is 69.0. The summed E-state index contributed by atoms with van der Waals surface area (Å²) >= 11 is 0. The third kappa shape index (κ3) is 4.82. The van der Waals surface area contributed by atoms with Crippen molar-refractivity contribution < 1.29 is 4.42 Å². The van der Waals surface area contributed by atoms with Gasteiger partial charge in [0.15, 0.2) is 0 Å². The van der Waals surface area contributed by atoms with Gasteiger partial charge in [-0.15, -0.1) is 0 Å². The van der Waals surface area contributed by atoms with E-state index >= 15 is 0 Å². The summed E-state index contributed by atoms with van der Waals surface area (Å²) in [5.41, 5.74) is 13.2. The molecule has 0 amide bonds. The minimum Gasteiger partial charge on any atom is -0.455 e. The van der Waals surface area contributed by atoms with E-state index in [2.05, 4.69) is 198 Å². The van der Waals surface area contributed by atoms with Gasteiger partial charge in [0.2, 0.25) is 0 Å². The van der Waals surface area contributed by atoms with E-state index in [4.69, 9.17) is 4.42 Å². The quantitative estimate of drug-likeness (QED) is 0.178. The van der Waals surface area contributed by atoms with Gasteiger partial charge in [-0.3, -0.25) is 0 Å². The molecular formula is C48H32N2O. The van der Waals surface area contributed by atoms with E-state index in [0.29, 0.717) is 0 Å². The fourth-order valence-electron chi connectivity index (χ4n) is 7.65. The van der Waals surface area contributed by atoms with Crippen LogP contribution in [0.15, 0.2) is 199 Å². The molecule has 0 aliphatic rings. The number of fused-ring (bicyclic) bond motifs is 7. The third-order valence-corrected chi connectivity index (χ3v) is 9.98. The number of rotatable bonds is 6. The highest BCUT2D eigenvalue weighted by Crippen LogP contribution is 2.46. The molecule has 0 aliphatic heterocycles. The lowest BCUT2D eigenvalue weighted by Crippen LogP contribution is -2.09. The van der Waals surface area contributed by atoms with Crippen molar-refractivity contribution in [3.05, 3.63) is 194 Å². The van der Waals surface area contributed by atoms with Crippen molar-refractivity contribution in [3.8, 4) is 27.9 Å². The van der Waals surface area contributed by atoms with Crippen LogP contribution in [0.3, 0.4) is 0 Å². The van der Waals surface area contributed by atoms with E-state index in [1.807, 2.05) is 6.07 Å². The molecule has 3 nitrogen and oxygen atoms in total. The van der Waals surface area contributed by atoms with E-state index in [1.165, 1.54) is 22.1 Å². The molecule has 0 saturated carbocycles. The first kappa shape index (κ1) is 29.1. The van der Waals surface area contributed by atoms with Crippen molar-refractivity contribution >= 4 is 60.8 Å². The molecule has 8 aromatic carbocycles. The lowest BCUT2D eigenvalue weighted by Gasteiger charge is -2.25. The summed E-state index contributed by atoms with van der Waals surface area (Å²) in [6.07, 6.45) is 0. The standard InChI is InChI=1S/C48H32N2O/c1-4-14-33(15-5-1)34-24-26-35(27-25-34)42-32-43-40-20-11-13-23-45(40)51-48(43)46-41-21-10-12-22-44(41)50(47(42)46)39-30-28-38(29-31-39)49(36-16-6-2-7-17-36)37-18-8-3-9-19-37/h1-32H. The van der Waals surface area contributed by atoms with Gasteiger partial charge in [-0.2, -0.15) is 0 Å². The minimum absolute atomic E-state index is 0.897. The Morgan fingerprint density at radius 2 is 0.941 bits per heavy atom. The fraction of sp³-hybridized carbons (Fsp3) is 0. The number of hydrogen-bond acceptors (Lipinski definition) is 2. The smallest absolute Gasteiger partial charge is 0.145 e. The average molecular weight is 653 g/mol. The summed E-state index contributed by atoms with van der Waals surface area (Å²) < 4.78 is 9.13. The molecule has 0 atom stereocenters. The SMILES string of the molecule is c1ccc(-c2ccc(-c3cc4c5ccccc5oc4c4c5ccccc5n(-c5ccc(N(c6ccccc6)c6ccccc6)cc5)c34)cc2)cc1. The summed E-state index contributed by atoms with van der Waals surface area (Å²) in [7, 11) is 0. The number of aromatic nitrogens is 1. The minimum atomic E-state index is 0.897. The van der Waals surface area contributed by atoms with E-state index in [-0.39, 0.29) is 0 Å². The molecule has 0 saturated heterocycles. The van der Waals surface area contributed by atoms with Crippen molar-refractivity contribution in [2.24, 2.45) is 0 Å². The van der Waals surface area contributed by atoms with E-state index in [0.717, 1.165) is 66.7 Å². The van der Waals surface area contributed by atoms with Crippen molar-refractivity contribution in [3.63, 3.8) is 0 Å². The van der Waals surface area contributed by atoms with Crippen LogP contribution >= 0.6 is 0 Å². The summed E-state index contributed by atoms with van der Waals surface area (Å²) in [5, 5.41) is 4.54. The first-order valence-corrected chi connectivity index (χ1v) is 17.4. The van der Waals surface area contributed by atoms with Crippen molar-refractivity contribution in [2.45, 2.75) is 0 Å². The van der Waals surface area contributed by atoms with Gasteiger partial charge >= 0.3 is 0 Å². The number of nitrogens with zero attached hydrogens (tertiary/aromatic N) is 2. The second kappa shape index (κ2) is 11.9. The van der Waals surface area contributed by atoms with E-state index in [9.17, 15) is 0 Å². The molecule has 0 unspecified atom stereocenters. The van der Waals surface area contributed by atoms with Gasteiger partial charge in [0, 0.05) is 44.5 Å². The Bertz CT molecular complexity index is 2780. The zero-order valence-electron chi connectivity index (χ0n) is 27.8. The lowest BCUT2D eigenvalue weighted by atomic mass is 9.96. The highest BCUT2D eigenvalue weighted by Gasteiger charge is 2.23. The van der Waals surface area contributed by atoms with E-state index in [1.54, 1.807) is 0 Å². The van der Waals surface area contributed by atoms with Crippen LogP contribution in [0, 0.1) is 0 Å². The maximum Gasteiger partial charge on any atom is 0.145 e. The molecule has 2 aromatic heterocycles. The first-order chi connectivity index (χ1) is 25.3. The zero-order valence-corrected chi connectivity index (χ0v) is 27.8. The van der Waals surface area contributed by atoms with Crippen molar-refractivity contribution in [1.29, 1.82) is 0 Å². The van der Waals surface area contributed by atoms with Gasteiger partial charge < -0.3 is 13.9 Å². The van der Waals surface area contributed by atoms with Gasteiger partial charge in [-0.25, -0.2) is 0 Å². The molecular weight excluding hydrogens is 621 g/mol. The second-order valence-corrected chi connectivity index (χ2v) is 12.9. The van der Waals surface area contributed by atoms with Crippen LogP contribution in [0.25, 0.3) is 71.7 Å². The Morgan fingerprint density at radius 1 is 0.412 bits per heavy atom. The number of benzene rings is 8. The number of para-hydroxylation sites is 4. The van der Waals surface area contributed by atoms with Crippen LogP contribution in [0.5, 0.6) is 0 Å². The van der Waals surface area contributed by atoms with E-state index < -0.39 is 0 Å². The third-order valence-electron chi connectivity index (χ3n) is 9.98. The van der Waals surface area contributed by atoms with Crippen LogP contribution in [-0.4, -0.2) is 4.57 Å². The summed E-state index contributed by atoms with van der Waals surface area (Å²) in [5.74, 6) is 0. The maximum absolute atomic E-state index is 6.72. The predicted octanol–water partition coefficient (Wildman–Crippen LogP) is 13.5. The molecule has 3 heteroatoms. The highest BCUT2D eigenvalue weighted by molar-refractivity contribution is 6.27. The lowest BCUT2D eigenvalue weighted by molar-refractivity contribution is 0.673. The average Bonchev–Trinajstić information content (AvgIpc) is 3.75. The fourth-order valence-corrected chi connectivity index (χ4v) is 7.65. The molecule has 0 bridgehead atoms. The monoisotopic (exact) mass is 652 g/mol. The molecule has 240 valence electrons. The molecule has 0 spiro atoms. The molecule has 0 N–H and O–H groups in total. The normalized spacial score (nSPS) is 11.5. The van der Waals surface area contributed by atoms with Crippen molar-refractivity contribution in [2.75, 3.05) is 4.90 Å². The zero-order chi connectivity index (χ0) is 33.7. The molecule has 0 aliphatic carbocycles. The number of furan rings is 1. The molecule has 0 fully saturated rings. The Labute approximate surface area is 295 Å². The Hall–Kier alpha value is -6.84. The Balaban J connectivity index is 1.22. The molecule has 2 heterocycles. The number of hydrogen-bond donors (Lipinski definition) is 0. The van der Waals surface area contributed by atoms with Gasteiger partial charge in [0.25, 0.3) is 0 Å². The highest BCUT2D eigenvalue weighted by atomic mass is 16.3. The van der Waals surface area contributed by atoms with Gasteiger partial charge in [-0.05, 0) is 83.4 Å². The summed E-state index contributed by atoms with van der Waals surface area (Å²) in [4.78, 5) is 2.30. The largest absolute Gasteiger partial charge is 0.455 e. The Morgan fingerprint density at radius 3 is 1.63 bits per heavy atom. The van der Waals surface area contributed by atoms with Gasteiger partial charge in [0.1, 0.15) is 11.2 Å². The molecule has 51 heavy (non-hydrogen) atoms. The van der Waals surface area contributed by atoms with Crippen LogP contribution in [-0.2, 0) is 0 Å².